The highest BCUT2D eigenvalue weighted by molar-refractivity contribution is 6.22. The van der Waals surface area contributed by atoms with E-state index in [0.717, 1.165) is 5.69 Å². The van der Waals surface area contributed by atoms with Gasteiger partial charge in [-0.2, -0.15) is 0 Å². The van der Waals surface area contributed by atoms with Crippen molar-refractivity contribution in [3.05, 3.63) is 47.7 Å². The van der Waals surface area contributed by atoms with E-state index in [4.69, 9.17) is 15.3 Å². The maximum atomic E-state index is 11.9. The van der Waals surface area contributed by atoms with Gasteiger partial charge in [-0.1, -0.05) is 0 Å². The topological polar surface area (TPSA) is 105 Å². The Balaban J connectivity index is 2.23. The molecule has 2 rings (SSSR count). The van der Waals surface area contributed by atoms with Gasteiger partial charge in [-0.25, -0.2) is 4.99 Å². The predicted molar refractivity (Wildman–Crippen MR) is 102 cm³/mol. The smallest absolute Gasteiger partial charge is 0.183 e. The first kappa shape index (κ1) is 19.8. The molecule has 0 saturated heterocycles. The van der Waals surface area contributed by atoms with E-state index in [1.54, 1.807) is 13.0 Å². The third-order valence-electron chi connectivity index (χ3n) is 3.92. The second-order valence-electron chi connectivity index (χ2n) is 5.85. The lowest BCUT2D eigenvalue weighted by molar-refractivity contribution is -0.111. The lowest BCUT2D eigenvalue weighted by atomic mass is 10.0. The van der Waals surface area contributed by atoms with Crippen LogP contribution in [0, 0.1) is 0 Å². The number of allylic oxidation sites excluding steroid dienone is 3. The fourth-order valence-corrected chi connectivity index (χ4v) is 2.59. The third-order valence-corrected chi connectivity index (χ3v) is 3.92. The molecule has 140 valence electrons. The van der Waals surface area contributed by atoms with Gasteiger partial charge in [-0.3, -0.25) is 4.79 Å². The number of benzene rings is 1. The Labute approximate surface area is 153 Å². The van der Waals surface area contributed by atoms with Crippen LogP contribution >= 0.6 is 0 Å². The molecule has 0 atom stereocenters. The number of rotatable bonds is 9. The van der Waals surface area contributed by atoms with Crippen LogP contribution in [-0.4, -0.2) is 66.3 Å². The van der Waals surface area contributed by atoms with Crippen molar-refractivity contribution >= 4 is 22.9 Å². The quantitative estimate of drug-likeness (QED) is 0.480. The molecule has 7 nitrogen and oxygen atoms in total. The molecule has 0 aromatic heterocycles. The number of nitrogens with zero attached hydrogens (tertiary/aromatic N) is 2. The summed E-state index contributed by atoms with van der Waals surface area (Å²) in [7, 11) is 0. The van der Waals surface area contributed by atoms with Crippen LogP contribution in [0.2, 0.25) is 0 Å². The molecule has 0 heterocycles. The first-order chi connectivity index (χ1) is 12.6. The molecule has 0 amide bonds. The molecule has 0 unspecified atom stereocenters. The largest absolute Gasteiger partial charge is 0.395 e. The molecule has 0 bridgehead atoms. The lowest BCUT2D eigenvalue weighted by Gasteiger charge is -2.23. The monoisotopic (exact) mass is 359 g/mol. The van der Waals surface area contributed by atoms with E-state index >= 15 is 0 Å². The molecular weight excluding hydrogens is 334 g/mol. The summed E-state index contributed by atoms with van der Waals surface area (Å²) in [5, 5.41) is 30.3. The van der Waals surface area contributed by atoms with Crippen molar-refractivity contribution in [3.63, 3.8) is 0 Å². The Kier molecular flexibility index (Phi) is 7.53. The van der Waals surface area contributed by atoms with Crippen molar-refractivity contribution in [3.8, 4) is 0 Å². The number of nitrogens with one attached hydrogen (secondary N) is 1. The van der Waals surface area contributed by atoms with Crippen molar-refractivity contribution in [2.24, 2.45) is 4.99 Å². The van der Waals surface area contributed by atoms with Crippen molar-refractivity contribution < 1.29 is 20.1 Å². The minimum atomic E-state index is -0.0802. The van der Waals surface area contributed by atoms with E-state index in [1.165, 1.54) is 6.08 Å². The summed E-state index contributed by atoms with van der Waals surface area (Å²) in [4.78, 5) is 18.3. The van der Waals surface area contributed by atoms with Gasteiger partial charge in [-0.05, 0) is 42.8 Å². The zero-order valence-corrected chi connectivity index (χ0v) is 14.9. The Hall–Kier alpha value is -2.48. The minimum Gasteiger partial charge on any atom is -0.395 e. The van der Waals surface area contributed by atoms with Gasteiger partial charge in [0, 0.05) is 31.4 Å². The SMILES string of the molecule is CC1=C/C(=N/c2ccc(N(CCO)CCO)cc2)C(NCCO)=CC1=O. The zero-order valence-electron chi connectivity index (χ0n) is 14.9. The number of aliphatic imine (C=N–C) groups is 1. The van der Waals surface area contributed by atoms with Crippen LogP contribution in [0.15, 0.2) is 52.7 Å². The Morgan fingerprint density at radius 1 is 1.00 bits per heavy atom. The van der Waals surface area contributed by atoms with Crippen LogP contribution < -0.4 is 10.2 Å². The van der Waals surface area contributed by atoms with Crippen molar-refractivity contribution in [2.45, 2.75) is 6.92 Å². The molecule has 0 fully saturated rings. The summed E-state index contributed by atoms with van der Waals surface area (Å²) in [6.45, 7) is 2.93. The van der Waals surface area contributed by atoms with E-state index < -0.39 is 0 Å². The summed E-state index contributed by atoms with van der Waals surface area (Å²) in [6.07, 6.45) is 3.21. The van der Waals surface area contributed by atoms with Gasteiger partial charge in [-0.15, -0.1) is 0 Å². The van der Waals surface area contributed by atoms with Crippen LogP contribution in [0.5, 0.6) is 0 Å². The van der Waals surface area contributed by atoms with Crippen molar-refractivity contribution in [1.82, 2.24) is 5.32 Å². The molecule has 7 heteroatoms. The second-order valence-corrected chi connectivity index (χ2v) is 5.85. The van der Waals surface area contributed by atoms with Gasteiger partial charge < -0.3 is 25.5 Å². The number of carbonyl (C=O) groups excluding carboxylic acids is 1. The van der Waals surface area contributed by atoms with E-state index in [-0.39, 0.29) is 25.6 Å². The predicted octanol–water partition coefficient (Wildman–Crippen LogP) is 0.545. The molecule has 1 aliphatic carbocycles. The minimum absolute atomic E-state index is 0.00678. The Morgan fingerprint density at radius 3 is 2.23 bits per heavy atom. The number of aliphatic hydroxyl groups is 3. The molecule has 0 radical (unpaired) electrons. The van der Waals surface area contributed by atoms with E-state index in [9.17, 15) is 4.79 Å². The summed E-state index contributed by atoms with van der Waals surface area (Å²) >= 11 is 0. The molecule has 1 aromatic rings. The average Bonchev–Trinajstić information content (AvgIpc) is 2.64. The highest BCUT2D eigenvalue weighted by Gasteiger charge is 2.16. The third kappa shape index (κ3) is 5.26. The van der Waals surface area contributed by atoms with Gasteiger partial charge in [0.2, 0.25) is 0 Å². The van der Waals surface area contributed by atoms with E-state index in [1.807, 2.05) is 29.2 Å². The van der Waals surface area contributed by atoms with Crippen LogP contribution in [0.1, 0.15) is 6.92 Å². The summed E-state index contributed by atoms with van der Waals surface area (Å²) in [5.74, 6) is -0.0802. The van der Waals surface area contributed by atoms with Gasteiger partial charge in [0.15, 0.2) is 5.78 Å². The Bertz CT molecular complexity index is 702. The highest BCUT2D eigenvalue weighted by Crippen LogP contribution is 2.22. The number of ketones is 1. The molecule has 1 aliphatic rings. The first-order valence-electron chi connectivity index (χ1n) is 8.54. The van der Waals surface area contributed by atoms with E-state index in [0.29, 0.717) is 42.3 Å². The van der Waals surface area contributed by atoms with Crippen molar-refractivity contribution in [2.75, 3.05) is 44.4 Å². The summed E-state index contributed by atoms with van der Waals surface area (Å²) in [6, 6.07) is 7.43. The fourth-order valence-electron chi connectivity index (χ4n) is 2.59. The molecule has 1 aromatic carbocycles. The van der Waals surface area contributed by atoms with Gasteiger partial charge in [0.1, 0.15) is 0 Å². The normalized spacial score (nSPS) is 15.7. The molecule has 0 saturated carbocycles. The van der Waals surface area contributed by atoms with Crippen LogP contribution in [-0.2, 0) is 4.79 Å². The fraction of sp³-hybridized carbons (Fsp3) is 0.368. The number of carbonyl (C=O) groups is 1. The number of aliphatic hydroxyl groups excluding tert-OH is 3. The average molecular weight is 359 g/mol. The summed E-state index contributed by atoms with van der Waals surface area (Å²) in [5.41, 5.74) is 3.42. The van der Waals surface area contributed by atoms with Crippen LogP contribution in [0.25, 0.3) is 0 Å². The number of hydrogen-bond donors (Lipinski definition) is 4. The highest BCUT2D eigenvalue weighted by atomic mass is 16.3. The van der Waals surface area contributed by atoms with Gasteiger partial charge >= 0.3 is 0 Å². The molecule has 0 spiro atoms. The zero-order chi connectivity index (χ0) is 18.9. The van der Waals surface area contributed by atoms with Crippen LogP contribution in [0.4, 0.5) is 11.4 Å². The molecule has 0 aliphatic heterocycles. The van der Waals surface area contributed by atoms with Crippen LogP contribution in [0.3, 0.4) is 0 Å². The maximum absolute atomic E-state index is 11.9. The molecular formula is C19H25N3O4. The Morgan fingerprint density at radius 2 is 1.65 bits per heavy atom. The van der Waals surface area contributed by atoms with Gasteiger partial charge in [0.25, 0.3) is 0 Å². The van der Waals surface area contributed by atoms with E-state index in [2.05, 4.69) is 10.3 Å². The molecule has 26 heavy (non-hydrogen) atoms. The van der Waals surface area contributed by atoms with Crippen molar-refractivity contribution in [1.29, 1.82) is 0 Å². The van der Waals surface area contributed by atoms with Gasteiger partial charge in [0.05, 0.1) is 36.9 Å². The lowest BCUT2D eigenvalue weighted by Crippen LogP contribution is -2.29. The number of hydrogen-bond acceptors (Lipinski definition) is 7. The first-order valence-corrected chi connectivity index (χ1v) is 8.54. The maximum Gasteiger partial charge on any atom is 0.183 e. The number of anilines is 1. The molecule has 4 N–H and O–H groups in total. The second kappa shape index (κ2) is 9.86. The summed E-state index contributed by atoms with van der Waals surface area (Å²) < 4.78 is 0. The standard InChI is InChI=1S/C19H25N3O4/c1-14-12-18(17(13-19(14)26)20-6-9-23)21-15-2-4-16(5-3-15)22(7-10-24)8-11-25/h2-5,12-13,20,23-25H,6-11H2,1H3/b21-18-.